The van der Waals surface area contributed by atoms with Gasteiger partial charge in [0.05, 0.1) is 18.1 Å². The topological polar surface area (TPSA) is 93.4 Å². The van der Waals surface area contributed by atoms with Crippen LogP contribution in [0, 0.1) is 0 Å². The Bertz CT molecular complexity index is 369. The largest absolute Gasteiger partial charge is 0.396 e. The number of hydrogen-bond donors (Lipinski definition) is 2. The van der Waals surface area contributed by atoms with Crippen molar-refractivity contribution in [2.24, 2.45) is 0 Å². The molecule has 0 aliphatic rings. The third-order valence-electron chi connectivity index (χ3n) is 1.23. The van der Waals surface area contributed by atoms with Crippen molar-refractivity contribution in [3.63, 3.8) is 0 Å². The average Bonchev–Trinajstić information content (AvgIpc) is 2.62. The van der Waals surface area contributed by atoms with Crippen molar-refractivity contribution in [3.05, 3.63) is 18.7 Å². The van der Waals surface area contributed by atoms with E-state index in [4.69, 9.17) is 5.73 Å². The van der Waals surface area contributed by atoms with E-state index >= 15 is 0 Å². The molecule has 2 aromatic heterocycles. The summed E-state index contributed by atoms with van der Waals surface area (Å²) in [6.45, 7) is 0. The van der Waals surface area contributed by atoms with Gasteiger partial charge in [0, 0.05) is 0 Å². The lowest BCUT2D eigenvalue weighted by molar-refractivity contribution is 0.934. The van der Waals surface area contributed by atoms with E-state index in [1.54, 1.807) is 12.4 Å². The van der Waals surface area contributed by atoms with Gasteiger partial charge in [-0.1, -0.05) is 0 Å². The molecule has 0 bridgehead atoms. The fourth-order valence-electron chi connectivity index (χ4n) is 0.709. The summed E-state index contributed by atoms with van der Waals surface area (Å²) in [4.78, 5) is 11.9. The predicted molar refractivity (Wildman–Crippen MR) is 47.0 cm³/mol. The van der Waals surface area contributed by atoms with E-state index < -0.39 is 0 Å². The molecule has 6 nitrogen and oxygen atoms in total. The zero-order valence-electron chi connectivity index (χ0n) is 6.51. The molecule has 2 aromatic rings. The fraction of sp³-hybridized carbons (Fsp3) is 0. The normalized spacial score (nSPS) is 10.2. The monoisotopic (exact) mass is 194 g/mol. The Morgan fingerprint density at radius 3 is 2.62 bits per heavy atom. The van der Waals surface area contributed by atoms with Gasteiger partial charge in [-0.2, -0.15) is 5.10 Å². The van der Waals surface area contributed by atoms with E-state index in [9.17, 15) is 0 Å². The third-order valence-corrected chi connectivity index (χ3v) is 2.01. The van der Waals surface area contributed by atoms with Crippen LogP contribution in [0.15, 0.2) is 29.0 Å². The number of nitrogen functional groups attached to an aromatic ring is 1. The Labute approximate surface area is 78.0 Å². The molecule has 0 aliphatic heterocycles. The van der Waals surface area contributed by atoms with E-state index in [0.29, 0.717) is 16.0 Å². The molecular weight excluding hydrogens is 188 g/mol. The van der Waals surface area contributed by atoms with Crippen LogP contribution in [0.25, 0.3) is 0 Å². The first-order valence-electron chi connectivity index (χ1n) is 3.45. The van der Waals surface area contributed by atoms with Crippen LogP contribution in [-0.4, -0.2) is 25.1 Å². The van der Waals surface area contributed by atoms with Crippen LogP contribution in [0.4, 0.5) is 5.69 Å². The number of aromatic amines is 1. The van der Waals surface area contributed by atoms with Crippen LogP contribution < -0.4 is 5.73 Å². The molecular formula is C6H6N6S. The second-order valence-corrected chi connectivity index (χ2v) is 3.15. The van der Waals surface area contributed by atoms with Gasteiger partial charge in [0.2, 0.25) is 0 Å². The van der Waals surface area contributed by atoms with Gasteiger partial charge in [-0.05, 0) is 11.8 Å². The Balaban J connectivity index is 2.15. The Hall–Kier alpha value is -1.63. The molecule has 0 saturated heterocycles. The molecule has 0 saturated carbocycles. The Morgan fingerprint density at radius 1 is 1.23 bits per heavy atom. The van der Waals surface area contributed by atoms with Gasteiger partial charge in [-0.25, -0.2) is 15.0 Å². The standard InChI is InChI=1S/C6H6N6S/c7-4-1-8-5(9-2-4)13-6-10-3-11-12-6/h1-3H,7H2,(H,10,11,12). The number of nitrogens with one attached hydrogen (secondary N) is 1. The van der Waals surface area contributed by atoms with Crippen molar-refractivity contribution >= 4 is 17.4 Å². The molecule has 0 amide bonds. The number of nitrogens with zero attached hydrogens (tertiary/aromatic N) is 4. The summed E-state index contributed by atoms with van der Waals surface area (Å²) < 4.78 is 0. The minimum Gasteiger partial charge on any atom is -0.396 e. The molecule has 0 unspecified atom stereocenters. The lowest BCUT2D eigenvalue weighted by Gasteiger charge is -1.94. The predicted octanol–water partition coefficient (Wildman–Crippen LogP) is 0.328. The van der Waals surface area contributed by atoms with Gasteiger partial charge in [0.1, 0.15) is 6.33 Å². The molecule has 66 valence electrons. The molecule has 2 rings (SSSR count). The van der Waals surface area contributed by atoms with Crippen LogP contribution in [0.5, 0.6) is 0 Å². The van der Waals surface area contributed by atoms with Gasteiger partial charge in [0.25, 0.3) is 0 Å². The third kappa shape index (κ3) is 1.94. The van der Waals surface area contributed by atoms with Crippen molar-refractivity contribution in [1.29, 1.82) is 0 Å². The maximum atomic E-state index is 5.43. The maximum absolute atomic E-state index is 5.43. The van der Waals surface area contributed by atoms with E-state index in [2.05, 4.69) is 25.1 Å². The second kappa shape index (κ2) is 3.40. The molecule has 7 heteroatoms. The molecule has 0 aliphatic carbocycles. The Kier molecular flexibility index (Phi) is 2.09. The summed E-state index contributed by atoms with van der Waals surface area (Å²) in [5, 5.41) is 7.64. The number of rotatable bonds is 2. The van der Waals surface area contributed by atoms with Crippen LogP contribution in [0.1, 0.15) is 0 Å². The molecule has 0 spiro atoms. The maximum Gasteiger partial charge on any atom is 0.195 e. The fourth-order valence-corrected chi connectivity index (χ4v) is 1.29. The molecule has 0 fully saturated rings. The minimum absolute atomic E-state index is 0.543. The summed E-state index contributed by atoms with van der Waals surface area (Å²) in [6.07, 6.45) is 4.52. The molecule has 13 heavy (non-hydrogen) atoms. The summed E-state index contributed by atoms with van der Waals surface area (Å²) >= 11 is 1.30. The van der Waals surface area contributed by atoms with Crippen LogP contribution in [-0.2, 0) is 0 Å². The first kappa shape index (κ1) is 7.99. The lowest BCUT2D eigenvalue weighted by atomic mass is 10.6. The van der Waals surface area contributed by atoms with Crippen molar-refractivity contribution in [3.8, 4) is 0 Å². The summed E-state index contributed by atoms with van der Waals surface area (Å²) in [5.41, 5.74) is 5.97. The molecule has 3 N–H and O–H groups in total. The molecule has 0 atom stereocenters. The number of H-pyrrole nitrogens is 1. The van der Waals surface area contributed by atoms with Crippen molar-refractivity contribution in [2.45, 2.75) is 10.3 Å². The highest BCUT2D eigenvalue weighted by molar-refractivity contribution is 7.99. The zero-order chi connectivity index (χ0) is 9.10. The highest BCUT2D eigenvalue weighted by Gasteiger charge is 2.01. The van der Waals surface area contributed by atoms with Crippen molar-refractivity contribution < 1.29 is 0 Å². The zero-order valence-corrected chi connectivity index (χ0v) is 7.32. The van der Waals surface area contributed by atoms with Gasteiger partial charge >= 0.3 is 0 Å². The smallest absolute Gasteiger partial charge is 0.195 e. The first-order valence-corrected chi connectivity index (χ1v) is 4.27. The van der Waals surface area contributed by atoms with E-state index in [1.807, 2.05) is 0 Å². The van der Waals surface area contributed by atoms with Crippen LogP contribution >= 0.6 is 11.8 Å². The van der Waals surface area contributed by atoms with Gasteiger partial charge in [-0.15, -0.1) is 0 Å². The Morgan fingerprint density at radius 2 is 2.00 bits per heavy atom. The lowest BCUT2D eigenvalue weighted by Crippen LogP contribution is -1.90. The number of hydrogen-bond acceptors (Lipinski definition) is 6. The van der Waals surface area contributed by atoms with Crippen molar-refractivity contribution in [1.82, 2.24) is 25.1 Å². The summed E-state index contributed by atoms with van der Waals surface area (Å²) in [5.74, 6) is 0. The van der Waals surface area contributed by atoms with Gasteiger partial charge in [-0.3, -0.25) is 5.10 Å². The molecule has 2 heterocycles. The molecule has 0 radical (unpaired) electrons. The first-order chi connectivity index (χ1) is 6.34. The SMILES string of the molecule is Nc1cnc(Sc2ncn[nH]2)nc1. The number of aromatic nitrogens is 5. The number of nitrogens with two attached hydrogens (primary N) is 1. The molecule has 0 aromatic carbocycles. The summed E-state index contributed by atoms with van der Waals surface area (Å²) in [7, 11) is 0. The van der Waals surface area contributed by atoms with Gasteiger partial charge in [0.15, 0.2) is 10.3 Å². The van der Waals surface area contributed by atoms with Crippen LogP contribution in [0.3, 0.4) is 0 Å². The van der Waals surface area contributed by atoms with E-state index in [-0.39, 0.29) is 0 Å². The quantitative estimate of drug-likeness (QED) is 0.669. The van der Waals surface area contributed by atoms with E-state index in [0.717, 1.165) is 0 Å². The summed E-state index contributed by atoms with van der Waals surface area (Å²) in [6, 6.07) is 0. The van der Waals surface area contributed by atoms with Gasteiger partial charge < -0.3 is 5.73 Å². The second-order valence-electron chi connectivity index (χ2n) is 2.19. The minimum atomic E-state index is 0.543. The van der Waals surface area contributed by atoms with Crippen molar-refractivity contribution in [2.75, 3.05) is 5.73 Å². The number of anilines is 1. The van der Waals surface area contributed by atoms with E-state index in [1.165, 1.54) is 18.1 Å². The van der Waals surface area contributed by atoms with Crippen LogP contribution in [0.2, 0.25) is 0 Å². The highest BCUT2D eigenvalue weighted by atomic mass is 32.2. The average molecular weight is 194 g/mol. The highest BCUT2D eigenvalue weighted by Crippen LogP contribution is 2.18.